The highest BCUT2D eigenvalue weighted by Crippen LogP contribution is 2.26. The fraction of sp³-hybridized carbons (Fsp3) is 0.222. The van der Waals surface area contributed by atoms with E-state index in [0.717, 1.165) is 5.69 Å². The Morgan fingerprint density at radius 1 is 1.22 bits per heavy atom. The van der Waals surface area contributed by atoms with Crippen LogP contribution in [-0.2, 0) is 9.53 Å². The van der Waals surface area contributed by atoms with Gasteiger partial charge in [-0.05, 0) is 43.3 Å². The summed E-state index contributed by atoms with van der Waals surface area (Å²) >= 11 is 0. The second-order valence-corrected chi connectivity index (χ2v) is 5.45. The van der Waals surface area contributed by atoms with Gasteiger partial charge in [-0.25, -0.2) is 4.79 Å². The molecule has 0 amide bonds. The van der Waals surface area contributed by atoms with Crippen LogP contribution in [0.15, 0.2) is 48.5 Å². The number of nitriles is 1. The van der Waals surface area contributed by atoms with E-state index in [0.29, 0.717) is 23.5 Å². The van der Waals surface area contributed by atoms with Crippen molar-refractivity contribution in [1.82, 2.24) is 0 Å². The Labute approximate surface area is 134 Å². The minimum absolute atomic E-state index is 0.0573. The van der Waals surface area contributed by atoms with Crippen molar-refractivity contribution in [2.24, 2.45) is 0 Å². The average Bonchev–Trinajstić information content (AvgIpc) is 2.86. The third-order valence-electron chi connectivity index (χ3n) is 3.56. The van der Waals surface area contributed by atoms with Gasteiger partial charge in [-0.3, -0.25) is 0 Å². The molecular formula is C18H16N2O3. The molecular weight excluding hydrogens is 292 g/mol. The summed E-state index contributed by atoms with van der Waals surface area (Å²) in [5, 5.41) is 12.0. The van der Waals surface area contributed by atoms with E-state index in [4.69, 9.17) is 14.7 Å². The minimum atomic E-state index is -0.324. The monoisotopic (exact) mass is 308 g/mol. The Bertz CT molecular complexity index is 750. The normalized spacial score (nSPS) is 19.7. The second kappa shape index (κ2) is 6.41. The van der Waals surface area contributed by atoms with Gasteiger partial charge >= 0.3 is 5.97 Å². The number of carbonyl (C=O) groups excluding carboxylic acids is 1. The van der Waals surface area contributed by atoms with Crippen molar-refractivity contribution >= 4 is 11.7 Å². The molecule has 116 valence electrons. The number of hydrogen-bond donors (Lipinski definition) is 1. The molecule has 0 aromatic heterocycles. The molecule has 0 bridgehead atoms. The van der Waals surface area contributed by atoms with Crippen LogP contribution in [0.25, 0.3) is 0 Å². The van der Waals surface area contributed by atoms with Crippen molar-refractivity contribution in [1.29, 1.82) is 5.26 Å². The van der Waals surface area contributed by atoms with Gasteiger partial charge in [-0.15, -0.1) is 0 Å². The number of hydrogen-bond acceptors (Lipinski definition) is 5. The summed E-state index contributed by atoms with van der Waals surface area (Å²) in [5.41, 5.74) is 1.38. The van der Waals surface area contributed by atoms with Gasteiger partial charge in [0.15, 0.2) is 0 Å². The average molecular weight is 308 g/mol. The van der Waals surface area contributed by atoms with Gasteiger partial charge in [-0.1, -0.05) is 6.07 Å². The molecule has 0 saturated carbocycles. The Balaban J connectivity index is 1.69. The Kier molecular flexibility index (Phi) is 4.15. The molecule has 1 saturated heterocycles. The topological polar surface area (TPSA) is 71.3 Å². The lowest BCUT2D eigenvalue weighted by Crippen LogP contribution is -2.24. The smallest absolute Gasteiger partial charge is 0.328 e. The van der Waals surface area contributed by atoms with E-state index in [1.54, 1.807) is 24.3 Å². The summed E-state index contributed by atoms with van der Waals surface area (Å²) in [5.74, 6) is 1.07. The molecule has 0 radical (unpaired) electrons. The van der Waals surface area contributed by atoms with Gasteiger partial charge in [0.25, 0.3) is 0 Å². The molecule has 5 nitrogen and oxygen atoms in total. The summed E-state index contributed by atoms with van der Waals surface area (Å²) in [4.78, 5) is 11.7. The molecule has 2 atom stereocenters. The number of rotatable bonds is 4. The quantitative estimate of drug-likeness (QED) is 0.876. The molecule has 5 heteroatoms. The maximum absolute atomic E-state index is 11.7. The van der Waals surface area contributed by atoms with Gasteiger partial charge in [0.05, 0.1) is 11.6 Å². The molecule has 2 aromatic rings. The zero-order valence-electron chi connectivity index (χ0n) is 12.7. The second-order valence-electron chi connectivity index (χ2n) is 5.45. The Morgan fingerprint density at radius 3 is 2.65 bits per heavy atom. The van der Waals surface area contributed by atoms with Gasteiger partial charge in [0, 0.05) is 18.2 Å². The fourth-order valence-corrected chi connectivity index (χ4v) is 2.46. The number of benzene rings is 2. The van der Waals surface area contributed by atoms with Gasteiger partial charge in [-0.2, -0.15) is 5.26 Å². The minimum Gasteiger partial charge on any atom is -0.461 e. The van der Waals surface area contributed by atoms with Crippen LogP contribution in [0.3, 0.4) is 0 Å². The Morgan fingerprint density at radius 2 is 2.00 bits per heavy atom. The fourth-order valence-electron chi connectivity index (χ4n) is 2.46. The lowest BCUT2D eigenvalue weighted by Gasteiger charge is -2.12. The van der Waals surface area contributed by atoms with E-state index in [-0.39, 0.29) is 18.1 Å². The van der Waals surface area contributed by atoms with E-state index in [9.17, 15) is 4.79 Å². The van der Waals surface area contributed by atoms with Crippen LogP contribution in [0.1, 0.15) is 18.9 Å². The van der Waals surface area contributed by atoms with E-state index in [1.807, 2.05) is 31.2 Å². The molecule has 0 unspecified atom stereocenters. The van der Waals surface area contributed by atoms with Crippen molar-refractivity contribution in [2.75, 3.05) is 5.32 Å². The highest BCUT2D eigenvalue weighted by Gasteiger charge is 2.31. The van der Waals surface area contributed by atoms with Crippen molar-refractivity contribution < 1.29 is 14.3 Å². The highest BCUT2D eigenvalue weighted by atomic mass is 16.6. The lowest BCUT2D eigenvalue weighted by molar-refractivity contribution is -0.141. The molecule has 0 spiro atoms. The molecule has 23 heavy (non-hydrogen) atoms. The zero-order chi connectivity index (χ0) is 16.2. The van der Waals surface area contributed by atoms with Crippen LogP contribution < -0.4 is 10.1 Å². The number of ether oxygens (including phenoxy) is 2. The van der Waals surface area contributed by atoms with Crippen molar-refractivity contribution in [3.63, 3.8) is 0 Å². The van der Waals surface area contributed by atoms with Crippen LogP contribution in [0, 0.1) is 11.3 Å². The molecule has 1 N–H and O–H groups in total. The number of nitrogens with zero attached hydrogens (tertiary/aromatic N) is 1. The molecule has 0 aliphatic carbocycles. The first-order valence-electron chi connectivity index (χ1n) is 7.39. The largest absolute Gasteiger partial charge is 0.461 e. The van der Waals surface area contributed by atoms with Gasteiger partial charge < -0.3 is 14.8 Å². The first kappa shape index (κ1) is 14.9. The van der Waals surface area contributed by atoms with Crippen LogP contribution >= 0.6 is 0 Å². The summed E-state index contributed by atoms with van der Waals surface area (Å²) in [6.45, 7) is 1.88. The first-order valence-corrected chi connectivity index (χ1v) is 7.39. The first-order chi connectivity index (χ1) is 11.1. The van der Waals surface area contributed by atoms with E-state index >= 15 is 0 Å². The zero-order valence-corrected chi connectivity index (χ0v) is 12.7. The Hall–Kier alpha value is -3.00. The third kappa shape index (κ3) is 3.61. The number of cyclic esters (lactones) is 1. The molecule has 1 aliphatic rings. The molecule has 1 fully saturated rings. The lowest BCUT2D eigenvalue weighted by atomic mass is 10.1. The predicted molar refractivity (Wildman–Crippen MR) is 85.3 cm³/mol. The van der Waals surface area contributed by atoms with Crippen molar-refractivity contribution in [3.05, 3.63) is 54.1 Å². The maximum Gasteiger partial charge on any atom is 0.328 e. The van der Waals surface area contributed by atoms with Crippen LogP contribution in [0.2, 0.25) is 0 Å². The number of esters is 1. The van der Waals surface area contributed by atoms with Crippen LogP contribution in [-0.4, -0.2) is 18.1 Å². The standard InChI is InChI=1S/C18H16N2O3/c1-12-9-17(18(21)22-12)20-14-3-2-4-16(10-14)23-15-7-5-13(11-19)6-8-15/h2-8,10,12,17,20H,9H2,1H3/t12-,17-/m1/s1. The third-order valence-corrected chi connectivity index (χ3v) is 3.56. The summed E-state index contributed by atoms with van der Waals surface area (Å²) in [6, 6.07) is 16.0. The highest BCUT2D eigenvalue weighted by molar-refractivity contribution is 5.81. The van der Waals surface area contributed by atoms with Crippen molar-refractivity contribution in [2.45, 2.75) is 25.5 Å². The SMILES string of the molecule is C[C@@H]1C[C@@H](Nc2cccc(Oc3ccc(C#N)cc3)c2)C(=O)O1. The predicted octanol–water partition coefficient (Wildman–Crippen LogP) is 3.47. The number of nitrogens with one attached hydrogen (secondary N) is 1. The molecule has 2 aromatic carbocycles. The molecule has 1 heterocycles. The molecule has 1 aliphatic heterocycles. The number of carbonyl (C=O) groups is 1. The summed E-state index contributed by atoms with van der Waals surface area (Å²) < 4.78 is 10.9. The summed E-state index contributed by atoms with van der Waals surface area (Å²) in [7, 11) is 0. The van der Waals surface area contributed by atoms with E-state index in [1.165, 1.54) is 0 Å². The van der Waals surface area contributed by atoms with Gasteiger partial charge in [0.1, 0.15) is 23.6 Å². The number of anilines is 1. The van der Waals surface area contributed by atoms with Crippen LogP contribution in [0.4, 0.5) is 5.69 Å². The summed E-state index contributed by atoms with van der Waals surface area (Å²) in [6.07, 6.45) is 0.595. The van der Waals surface area contributed by atoms with E-state index < -0.39 is 0 Å². The van der Waals surface area contributed by atoms with E-state index in [2.05, 4.69) is 11.4 Å². The van der Waals surface area contributed by atoms with Gasteiger partial charge in [0.2, 0.25) is 0 Å². The maximum atomic E-state index is 11.7. The van der Waals surface area contributed by atoms with Crippen molar-refractivity contribution in [3.8, 4) is 17.6 Å². The molecule has 3 rings (SSSR count). The van der Waals surface area contributed by atoms with Crippen LogP contribution in [0.5, 0.6) is 11.5 Å².